The number of anilines is 1. The van der Waals surface area contributed by atoms with Crippen LogP contribution in [0.25, 0.3) is 0 Å². The molecule has 0 saturated carbocycles. The maximum Gasteiger partial charge on any atom is 0.267 e. The van der Waals surface area contributed by atoms with E-state index in [4.69, 9.17) is 4.74 Å². The van der Waals surface area contributed by atoms with Gasteiger partial charge in [0.25, 0.3) is 10.0 Å². The van der Waals surface area contributed by atoms with E-state index in [1.165, 1.54) is 13.2 Å². The minimum absolute atomic E-state index is 0.233. The second-order valence-corrected chi connectivity index (χ2v) is 8.56. The fourth-order valence-electron chi connectivity index (χ4n) is 3.54. The smallest absolute Gasteiger partial charge is 0.267 e. The third kappa shape index (κ3) is 3.81. The number of methoxy groups -OCH3 is 1. The molecule has 0 aromatic heterocycles. The van der Waals surface area contributed by atoms with Crippen LogP contribution in [0.15, 0.2) is 29.2 Å². The minimum Gasteiger partial charge on any atom is -0.496 e. The van der Waals surface area contributed by atoms with Gasteiger partial charge in [0.1, 0.15) is 23.2 Å². The summed E-state index contributed by atoms with van der Waals surface area (Å²) in [7, 11) is 0.872. The number of rotatable bonds is 5. The Morgan fingerprint density at radius 1 is 1.11 bits per heavy atom. The highest BCUT2D eigenvalue weighted by Crippen LogP contribution is 2.37. The van der Waals surface area contributed by atoms with Crippen LogP contribution >= 0.6 is 0 Å². The number of sulfonamides is 1. The van der Waals surface area contributed by atoms with Gasteiger partial charge in [0.05, 0.1) is 12.8 Å². The van der Waals surface area contributed by atoms with E-state index >= 15 is 0 Å². The van der Waals surface area contributed by atoms with E-state index in [1.54, 1.807) is 6.07 Å². The monoisotopic (exact) mass is 414 g/mol. The number of benzene rings is 2. The van der Waals surface area contributed by atoms with Crippen molar-refractivity contribution >= 4 is 15.7 Å². The van der Waals surface area contributed by atoms with Crippen molar-refractivity contribution in [1.82, 2.24) is 4.90 Å². The van der Waals surface area contributed by atoms with Crippen molar-refractivity contribution in [2.75, 3.05) is 25.9 Å². The quantitative estimate of drug-likeness (QED) is 0.816. The first-order valence-corrected chi connectivity index (χ1v) is 10.1. The molecule has 0 saturated heterocycles. The molecular weight excluding hydrogens is 393 g/mol. The molecule has 9 heteroatoms. The van der Waals surface area contributed by atoms with Gasteiger partial charge in [-0.05, 0) is 51.1 Å². The summed E-state index contributed by atoms with van der Waals surface area (Å²) in [6.45, 7) is 0. The molecule has 0 aliphatic heterocycles. The summed E-state index contributed by atoms with van der Waals surface area (Å²) in [6, 6.07) is 4.06. The first kappa shape index (κ1) is 20.5. The molecule has 28 heavy (non-hydrogen) atoms. The molecular formula is C19H21F3N2O3S. The maximum absolute atomic E-state index is 14.0. The molecule has 0 radical (unpaired) electrons. The van der Waals surface area contributed by atoms with Crippen molar-refractivity contribution in [3.63, 3.8) is 0 Å². The largest absolute Gasteiger partial charge is 0.496 e. The van der Waals surface area contributed by atoms with Gasteiger partial charge in [0.15, 0.2) is 4.90 Å². The van der Waals surface area contributed by atoms with E-state index < -0.39 is 32.4 Å². The summed E-state index contributed by atoms with van der Waals surface area (Å²) in [5, 5.41) is 0. The van der Waals surface area contributed by atoms with Crippen LogP contribution in [0, 0.1) is 17.5 Å². The summed E-state index contributed by atoms with van der Waals surface area (Å²) in [4.78, 5) is 0.878. The summed E-state index contributed by atoms with van der Waals surface area (Å²) in [5.74, 6) is -3.53. The van der Waals surface area contributed by atoms with Crippen LogP contribution in [0.2, 0.25) is 0 Å². The van der Waals surface area contributed by atoms with E-state index in [2.05, 4.69) is 9.62 Å². The lowest BCUT2D eigenvalue weighted by Crippen LogP contribution is -2.34. The van der Waals surface area contributed by atoms with Crippen molar-refractivity contribution in [2.45, 2.75) is 30.2 Å². The third-order valence-electron chi connectivity index (χ3n) is 4.98. The predicted octanol–water partition coefficient (Wildman–Crippen LogP) is 3.33. The van der Waals surface area contributed by atoms with Crippen LogP contribution < -0.4 is 9.46 Å². The van der Waals surface area contributed by atoms with Gasteiger partial charge in [-0.15, -0.1) is 0 Å². The SMILES string of the molecule is COc1ccc(NS(=O)(=O)c2c(F)cc(F)cc2F)c2c1CC(N(C)C)CC2. The van der Waals surface area contributed by atoms with Gasteiger partial charge in [0, 0.05) is 23.7 Å². The predicted molar refractivity (Wildman–Crippen MR) is 99.6 cm³/mol. The van der Waals surface area contributed by atoms with Gasteiger partial charge in [-0.1, -0.05) is 0 Å². The fourth-order valence-corrected chi connectivity index (χ4v) is 4.75. The highest BCUT2D eigenvalue weighted by Gasteiger charge is 2.29. The minimum atomic E-state index is -4.59. The first-order chi connectivity index (χ1) is 13.1. The Balaban J connectivity index is 2.03. The van der Waals surface area contributed by atoms with Crippen LogP contribution in [-0.4, -0.2) is 40.6 Å². The van der Waals surface area contributed by atoms with Crippen LogP contribution in [0.5, 0.6) is 5.75 Å². The Hall–Kier alpha value is -2.26. The molecule has 0 heterocycles. The Morgan fingerprint density at radius 3 is 2.32 bits per heavy atom. The lowest BCUT2D eigenvalue weighted by Gasteiger charge is -2.32. The number of hydrogen-bond donors (Lipinski definition) is 1. The summed E-state index contributed by atoms with van der Waals surface area (Å²) in [5.41, 5.74) is 1.81. The van der Waals surface area contributed by atoms with E-state index in [0.717, 1.165) is 17.5 Å². The van der Waals surface area contributed by atoms with Crippen molar-refractivity contribution in [2.24, 2.45) is 0 Å². The van der Waals surface area contributed by atoms with Crippen molar-refractivity contribution in [3.05, 3.63) is 52.8 Å². The van der Waals surface area contributed by atoms with Crippen LogP contribution in [0.4, 0.5) is 18.9 Å². The number of fused-ring (bicyclic) bond motifs is 1. The van der Waals surface area contributed by atoms with E-state index in [9.17, 15) is 21.6 Å². The zero-order valence-corrected chi connectivity index (χ0v) is 16.5. The second-order valence-electron chi connectivity index (χ2n) is 6.94. The average molecular weight is 414 g/mol. The van der Waals surface area contributed by atoms with Crippen molar-refractivity contribution in [3.8, 4) is 5.75 Å². The fraction of sp³-hybridized carbons (Fsp3) is 0.368. The van der Waals surface area contributed by atoms with E-state index in [0.29, 0.717) is 30.7 Å². The molecule has 0 bridgehead atoms. The van der Waals surface area contributed by atoms with Gasteiger partial charge in [0.2, 0.25) is 0 Å². The Kier molecular flexibility index (Phi) is 5.58. The van der Waals surface area contributed by atoms with Crippen molar-refractivity contribution in [1.29, 1.82) is 0 Å². The number of ether oxygens (including phenoxy) is 1. The Labute approximate surface area is 162 Å². The molecule has 5 nitrogen and oxygen atoms in total. The molecule has 0 amide bonds. The Morgan fingerprint density at radius 2 is 1.75 bits per heavy atom. The number of hydrogen-bond acceptors (Lipinski definition) is 4. The van der Waals surface area contributed by atoms with Crippen LogP contribution in [0.3, 0.4) is 0 Å². The molecule has 1 aliphatic rings. The number of likely N-dealkylation sites (N-methyl/N-ethyl adjacent to an activating group) is 1. The third-order valence-corrected chi connectivity index (χ3v) is 6.40. The molecule has 0 fully saturated rings. The molecule has 1 atom stereocenters. The van der Waals surface area contributed by atoms with Gasteiger partial charge in [-0.3, -0.25) is 4.72 Å². The second kappa shape index (κ2) is 7.63. The normalized spacial score (nSPS) is 16.8. The van der Waals surface area contributed by atoms with Gasteiger partial charge < -0.3 is 9.64 Å². The van der Waals surface area contributed by atoms with Gasteiger partial charge in [-0.25, -0.2) is 21.6 Å². The summed E-state index contributed by atoms with van der Waals surface area (Å²) in [6.07, 6.45) is 2.02. The van der Waals surface area contributed by atoms with Crippen molar-refractivity contribution < 1.29 is 26.3 Å². The van der Waals surface area contributed by atoms with Crippen LogP contribution in [0.1, 0.15) is 17.5 Å². The molecule has 1 unspecified atom stereocenters. The number of nitrogens with one attached hydrogen (secondary N) is 1. The number of halogens is 3. The first-order valence-electron chi connectivity index (χ1n) is 8.66. The Bertz CT molecular complexity index is 987. The zero-order valence-electron chi connectivity index (χ0n) is 15.7. The molecule has 2 aromatic rings. The van der Waals surface area contributed by atoms with E-state index in [-0.39, 0.29) is 11.7 Å². The molecule has 152 valence electrons. The molecule has 3 rings (SSSR count). The molecule has 2 aromatic carbocycles. The lowest BCUT2D eigenvalue weighted by atomic mass is 9.86. The highest BCUT2D eigenvalue weighted by atomic mass is 32.2. The lowest BCUT2D eigenvalue weighted by molar-refractivity contribution is 0.265. The summed E-state index contributed by atoms with van der Waals surface area (Å²) < 4.78 is 74.0. The standard InChI is InChI=1S/C19H21F3N2O3S/c1-24(2)12-4-5-13-14(10-12)18(27-3)7-6-17(13)23-28(25,26)19-15(21)8-11(20)9-16(19)22/h6-9,12,23H,4-5,10H2,1-3H3. The molecule has 0 spiro atoms. The van der Waals surface area contributed by atoms with Gasteiger partial charge >= 0.3 is 0 Å². The van der Waals surface area contributed by atoms with Crippen LogP contribution in [-0.2, 0) is 22.9 Å². The average Bonchev–Trinajstić information content (AvgIpc) is 2.60. The zero-order chi connectivity index (χ0) is 20.6. The summed E-state index contributed by atoms with van der Waals surface area (Å²) >= 11 is 0. The maximum atomic E-state index is 14.0. The highest BCUT2D eigenvalue weighted by molar-refractivity contribution is 7.92. The topological polar surface area (TPSA) is 58.6 Å². The van der Waals surface area contributed by atoms with Gasteiger partial charge in [-0.2, -0.15) is 0 Å². The van der Waals surface area contributed by atoms with E-state index in [1.807, 2.05) is 14.1 Å². The number of nitrogens with zero attached hydrogens (tertiary/aromatic N) is 1. The molecule has 1 aliphatic carbocycles. The molecule has 1 N–H and O–H groups in total.